The maximum atomic E-state index is 11.5. The Kier molecular flexibility index (Phi) is 6.71. The van der Waals surface area contributed by atoms with E-state index in [1.807, 2.05) is 17.3 Å². The lowest BCUT2D eigenvalue weighted by atomic mass is 9.99. The highest BCUT2D eigenvalue weighted by atomic mass is 16.1. The van der Waals surface area contributed by atoms with Crippen molar-refractivity contribution in [2.24, 2.45) is 0 Å². The molecule has 2 aromatic rings. The minimum atomic E-state index is 0.635. The van der Waals surface area contributed by atoms with E-state index < -0.39 is 0 Å². The number of aromatic nitrogens is 1. The molecule has 2 N–H and O–H groups in total. The number of hydrogen-bond donors (Lipinski definition) is 2. The van der Waals surface area contributed by atoms with Crippen molar-refractivity contribution in [3.8, 4) is 0 Å². The summed E-state index contributed by atoms with van der Waals surface area (Å²) in [6, 6.07) is 8.57. The molecule has 5 heteroatoms. The lowest BCUT2D eigenvalue weighted by Crippen LogP contribution is -2.36. The molecule has 1 aromatic heterocycles. The van der Waals surface area contributed by atoms with Crippen LogP contribution in [-0.4, -0.2) is 60.5 Å². The SMILES string of the molecule is CCCN(CC)CCN(C=O)CC1=CNCC(c2ccc3[nH]ccc3c2)=C1. The average Bonchev–Trinajstić information content (AvgIpc) is 3.18. The van der Waals surface area contributed by atoms with Crippen LogP contribution in [0.2, 0.25) is 0 Å². The molecule has 1 aliphatic rings. The first-order valence-corrected chi connectivity index (χ1v) is 9.85. The van der Waals surface area contributed by atoms with Crippen LogP contribution in [0.3, 0.4) is 0 Å². The molecule has 0 fully saturated rings. The van der Waals surface area contributed by atoms with Gasteiger partial charge in [0, 0.05) is 44.1 Å². The predicted octanol–water partition coefficient (Wildman–Crippen LogP) is 3.23. The molecule has 0 unspecified atom stereocenters. The number of amides is 1. The van der Waals surface area contributed by atoms with E-state index in [1.165, 1.54) is 16.5 Å². The second-order valence-corrected chi connectivity index (χ2v) is 7.06. The minimum absolute atomic E-state index is 0.635. The van der Waals surface area contributed by atoms with Crippen molar-refractivity contribution in [3.05, 3.63) is 53.9 Å². The number of aromatic amines is 1. The summed E-state index contributed by atoms with van der Waals surface area (Å²) in [5.74, 6) is 0. The van der Waals surface area contributed by atoms with E-state index in [2.05, 4.69) is 59.4 Å². The molecule has 144 valence electrons. The molecule has 27 heavy (non-hydrogen) atoms. The van der Waals surface area contributed by atoms with Crippen molar-refractivity contribution >= 4 is 22.9 Å². The molecule has 1 aromatic carbocycles. The zero-order valence-electron chi connectivity index (χ0n) is 16.4. The number of dihydropyridines is 1. The summed E-state index contributed by atoms with van der Waals surface area (Å²) in [6.45, 7) is 9.59. The van der Waals surface area contributed by atoms with Crippen LogP contribution in [0.15, 0.2) is 48.3 Å². The third-order valence-electron chi connectivity index (χ3n) is 5.09. The molecular formula is C22H30N4O. The van der Waals surface area contributed by atoms with Crippen LogP contribution in [-0.2, 0) is 4.79 Å². The van der Waals surface area contributed by atoms with Crippen LogP contribution in [0.1, 0.15) is 25.8 Å². The number of rotatable bonds is 10. The molecule has 1 aliphatic heterocycles. The molecule has 0 aliphatic carbocycles. The Morgan fingerprint density at radius 3 is 2.81 bits per heavy atom. The third kappa shape index (κ3) is 5.01. The molecule has 0 saturated carbocycles. The molecule has 0 saturated heterocycles. The number of carbonyl (C=O) groups excluding carboxylic acids is 1. The Balaban J connectivity index is 1.65. The number of carbonyl (C=O) groups is 1. The lowest BCUT2D eigenvalue weighted by molar-refractivity contribution is -0.117. The number of nitrogens with zero attached hydrogens (tertiary/aromatic N) is 2. The van der Waals surface area contributed by atoms with Gasteiger partial charge >= 0.3 is 0 Å². The second-order valence-electron chi connectivity index (χ2n) is 7.06. The number of benzene rings is 1. The number of hydrogen-bond acceptors (Lipinski definition) is 3. The van der Waals surface area contributed by atoms with E-state index in [9.17, 15) is 4.79 Å². The standard InChI is InChI=1S/C22H30N4O/c1-3-9-25(4-2)10-11-26(17-27)16-18-12-21(15-23-14-18)19-5-6-22-20(13-19)7-8-24-22/h5-8,12-14,17,23-24H,3-4,9-11,15-16H2,1-2H3. The van der Waals surface area contributed by atoms with Crippen molar-refractivity contribution in [2.75, 3.05) is 39.3 Å². The van der Waals surface area contributed by atoms with Crippen molar-refractivity contribution < 1.29 is 4.79 Å². The van der Waals surface area contributed by atoms with Gasteiger partial charge in [0.1, 0.15) is 0 Å². The van der Waals surface area contributed by atoms with E-state index in [1.54, 1.807) is 0 Å². The van der Waals surface area contributed by atoms with Crippen LogP contribution in [0.25, 0.3) is 16.5 Å². The van der Waals surface area contributed by atoms with Gasteiger partial charge in [-0.2, -0.15) is 0 Å². The van der Waals surface area contributed by atoms with Gasteiger partial charge in [-0.25, -0.2) is 0 Å². The first kappa shape index (κ1) is 19.2. The Labute approximate surface area is 161 Å². The van der Waals surface area contributed by atoms with E-state index in [4.69, 9.17) is 0 Å². The van der Waals surface area contributed by atoms with Crippen molar-refractivity contribution in [3.63, 3.8) is 0 Å². The zero-order chi connectivity index (χ0) is 19.1. The minimum Gasteiger partial charge on any atom is -0.387 e. The fourth-order valence-electron chi connectivity index (χ4n) is 3.56. The monoisotopic (exact) mass is 366 g/mol. The van der Waals surface area contributed by atoms with Gasteiger partial charge in [-0.1, -0.05) is 26.0 Å². The van der Waals surface area contributed by atoms with Gasteiger partial charge in [0.05, 0.1) is 0 Å². The van der Waals surface area contributed by atoms with Gasteiger partial charge in [-0.05, 0) is 59.8 Å². The highest BCUT2D eigenvalue weighted by Crippen LogP contribution is 2.23. The van der Waals surface area contributed by atoms with E-state index in [-0.39, 0.29) is 0 Å². The molecule has 1 amide bonds. The fraction of sp³-hybridized carbons (Fsp3) is 0.409. The Morgan fingerprint density at radius 2 is 2.04 bits per heavy atom. The highest BCUT2D eigenvalue weighted by molar-refractivity contribution is 5.85. The Bertz CT molecular complexity index is 821. The zero-order valence-corrected chi connectivity index (χ0v) is 16.4. The summed E-state index contributed by atoms with van der Waals surface area (Å²) in [5.41, 5.74) is 4.76. The topological polar surface area (TPSA) is 51.4 Å². The van der Waals surface area contributed by atoms with E-state index in [0.29, 0.717) is 6.54 Å². The molecule has 0 atom stereocenters. The molecule has 0 radical (unpaired) electrons. The number of nitrogens with one attached hydrogen (secondary N) is 2. The van der Waals surface area contributed by atoms with Crippen LogP contribution in [0.4, 0.5) is 0 Å². The van der Waals surface area contributed by atoms with Crippen molar-refractivity contribution in [1.82, 2.24) is 20.1 Å². The number of fused-ring (bicyclic) bond motifs is 1. The van der Waals surface area contributed by atoms with Crippen LogP contribution >= 0.6 is 0 Å². The smallest absolute Gasteiger partial charge is 0.210 e. The van der Waals surface area contributed by atoms with Gasteiger partial charge in [-0.3, -0.25) is 4.79 Å². The number of likely N-dealkylation sites (N-methyl/N-ethyl adjacent to an activating group) is 1. The molecule has 2 heterocycles. The Hall–Kier alpha value is -2.53. The predicted molar refractivity (Wildman–Crippen MR) is 112 cm³/mol. The normalized spacial score (nSPS) is 14.0. The second kappa shape index (κ2) is 9.42. The first-order valence-electron chi connectivity index (χ1n) is 9.85. The fourth-order valence-corrected chi connectivity index (χ4v) is 3.56. The van der Waals surface area contributed by atoms with Gasteiger partial charge < -0.3 is 20.1 Å². The van der Waals surface area contributed by atoms with Crippen LogP contribution in [0.5, 0.6) is 0 Å². The van der Waals surface area contributed by atoms with Crippen molar-refractivity contribution in [1.29, 1.82) is 0 Å². The summed E-state index contributed by atoms with van der Waals surface area (Å²) in [5, 5.41) is 4.58. The van der Waals surface area contributed by atoms with E-state index >= 15 is 0 Å². The maximum Gasteiger partial charge on any atom is 0.210 e. The summed E-state index contributed by atoms with van der Waals surface area (Å²) >= 11 is 0. The van der Waals surface area contributed by atoms with Gasteiger partial charge in [-0.15, -0.1) is 0 Å². The molecular weight excluding hydrogens is 336 g/mol. The molecule has 0 bridgehead atoms. The maximum absolute atomic E-state index is 11.5. The summed E-state index contributed by atoms with van der Waals surface area (Å²) in [4.78, 5) is 19.0. The van der Waals surface area contributed by atoms with Crippen LogP contribution in [0, 0.1) is 0 Å². The van der Waals surface area contributed by atoms with Gasteiger partial charge in [0.25, 0.3) is 0 Å². The molecule has 3 rings (SSSR count). The number of H-pyrrole nitrogens is 1. The lowest BCUT2D eigenvalue weighted by Gasteiger charge is -2.25. The highest BCUT2D eigenvalue weighted by Gasteiger charge is 2.12. The summed E-state index contributed by atoms with van der Waals surface area (Å²) in [6.07, 6.45) is 8.31. The quantitative estimate of drug-likeness (QED) is 0.635. The molecule has 5 nitrogen and oxygen atoms in total. The average molecular weight is 367 g/mol. The Morgan fingerprint density at radius 1 is 1.15 bits per heavy atom. The van der Waals surface area contributed by atoms with E-state index in [0.717, 1.165) is 56.6 Å². The van der Waals surface area contributed by atoms with Crippen molar-refractivity contribution in [2.45, 2.75) is 20.3 Å². The third-order valence-corrected chi connectivity index (χ3v) is 5.09. The van der Waals surface area contributed by atoms with Crippen LogP contribution < -0.4 is 5.32 Å². The van der Waals surface area contributed by atoms with Gasteiger partial charge in [0.15, 0.2) is 0 Å². The largest absolute Gasteiger partial charge is 0.387 e. The summed E-state index contributed by atoms with van der Waals surface area (Å²) in [7, 11) is 0. The first-order chi connectivity index (χ1) is 13.2. The summed E-state index contributed by atoms with van der Waals surface area (Å²) < 4.78 is 0. The van der Waals surface area contributed by atoms with Gasteiger partial charge in [0.2, 0.25) is 6.41 Å². The molecule has 0 spiro atoms.